The van der Waals surface area contributed by atoms with Crippen LogP contribution in [0, 0.1) is 5.82 Å². The van der Waals surface area contributed by atoms with Gasteiger partial charge in [-0.05, 0) is 17.7 Å². The van der Waals surface area contributed by atoms with Crippen molar-refractivity contribution in [3.05, 3.63) is 77.7 Å². The molecule has 0 saturated heterocycles. The molecule has 0 aliphatic rings. The number of halogens is 1. The summed E-state index contributed by atoms with van der Waals surface area (Å²) in [5.74, 6) is -0.805. The Morgan fingerprint density at radius 1 is 1.17 bits per heavy atom. The lowest BCUT2D eigenvalue weighted by molar-refractivity contribution is 0.0907. The molecule has 0 radical (unpaired) electrons. The van der Waals surface area contributed by atoms with Gasteiger partial charge in [0.2, 0.25) is 0 Å². The van der Waals surface area contributed by atoms with Gasteiger partial charge in [0.15, 0.2) is 11.5 Å². The van der Waals surface area contributed by atoms with E-state index in [2.05, 4.69) is 10.5 Å². The van der Waals surface area contributed by atoms with Gasteiger partial charge in [-0.25, -0.2) is 4.39 Å². The summed E-state index contributed by atoms with van der Waals surface area (Å²) in [6, 6.07) is 16.0. The molecule has 24 heavy (non-hydrogen) atoms. The van der Waals surface area contributed by atoms with Crippen molar-refractivity contribution in [2.75, 3.05) is 6.61 Å². The van der Waals surface area contributed by atoms with Gasteiger partial charge in [-0.2, -0.15) is 0 Å². The van der Waals surface area contributed by atoms with Gasteiger partial charge in [0, 0.05) is 6.07 Å². The van der Waals surface area contributed by atoms with Crippen LogP contribution >= 0.6 is 0 Å². The van der Waals surface area contributed by atoms with Gasteiger partial charge in [0.1, 0.15) is 5.82 Å². The summed E-state index contributed by atoms with van der Waals surface area (Å²) in [4.78, 5) is 12.3. The Balaban J connectivity index is 1.78. The molecule has 3 rings (SSSR count). The van der Waals surface area contributed by atoms with Gasteiger partial charge in [0.25, 0.3) is 5.91 Å². The van der Waals surface area contributed by atoms with E-state index in [0.717, 1.165) is 5.56 Å². The predicted octanol–water partition coefficient (Wildman–Crippen LogP) is 2.94. The van der Waals surface area contributed by atoms with Crippen LogP contribution in [0.3, 0.4) is 0 Å². The third kappa shape index (κ3) is 3.33. The van der Waals surface area contributed by atoms with Crippen molar-refractivity contribution in [3.63, 3.8) is 0 Å². The summed E-state index contributed by atoms with van der Waals surface area (Å²) in [6.07, 6.45) is 0. The molecule has 1 heterocycles. The molecular formula is C18H15FN2O3. The highest BCUT2D eigenvalue weighted by molar-refractivity contribution is 5.93. The van der Waals surface area contributed by atoms with Crippen molar-refractivity contribution >= 4 is 5.91 Å². The molecule has 0 bridgehead atoms. The normalized spacial score (nSPS) is 11.9. The molecular weight excluding hydrogens is 311 g/mol. The van der Waals surface area contributed by atoms with Crippen molar-refractivity contribution in [2.24, 2.45) is 0 Å². The number of aromatic nitrogens is 1. The minimum absolute atomic E-state index is 0.0163. The van der Waals surface area contributed by atoms with E-state index in [1.807, 2.05) is 18.2 Å². The first-order valence-electron chi connectivity index (χ1n) is 7.37. The number of aliphatic hydroxyl groups is 1. The van der Waals surface area contributed by atoms with Gasteiger partial charge in [-0.1, -0.05) is 47.6 Å². The second kappa shape index (κ2) is 7.06. The highest BCUT2D eigenvalue weighted by atomic mass is 19.1. The molecule has 1 amide bonds. The van der Waals surface area contributed by atoms with Gasteiger partial charge in [0.05, 0.1) is 18.2 Å². The van der Waals surface area contributed by atoms with Gasteiger partial charge in [-0.3, -0.25) is 4.79 Å². The van der Waals surface area contributed by atoms with E-state index in [-0.39, 0.29) is 23.6 Å². The molecule has 1 aromatic heterocycles. The number of rotatable bonds is 5. The highest BCUT2D eigenvalue weighted by Crippen LogP contribution is 2.23. The number of carbonyl (C=O) groups is 1. The second-order valence-corrected chi connectivity index (χ2v) is 5.18. The fraction of sp³-hybridized carbons (Fsp3) is 0.111. The lowest BCUT2D eigenvalue weighted by Crippen LogP contribution is -2.30. The average Bonchev–Trinajstić information content (AvgIpc) is 3.10. The van der Waals surface area contributed by atoms with Crippen LogP contribution in [0.5, 0.6) is 0 Å². The van der Waals surface area contributed by atoms with Gasteiger partial charge < -0.3 is 14.9 Å². The minimum atomic E-state index is -0.563. The van der Waals surface area contributed by atoms with Crippen molar-refractivity contribution in [1.82, 2.24) is 10.5 Å². The lowest BCUT2D eigenvalue weighted by atomic mass is 10.1. The third-order valence-corrected chi connectivity index (χ3v) is 3.57. The molecule has 122 valence electrons. The number of hydrogen-bond donors (Lipinski definition) is 2. The standard InChI is InChI=1S/C18H15FN2O3/c19-14-9-5-4-8-13(14)17-10-15(21-24-17)18(23)20-16(11-22)12-6-2-1-3-7-12/h1-10,16,22H,11H2,(H,20,23). The van der Waals surface area contributed by atoms with Crippen molar-refractivity contribution in [1.29, 1.82) is 0 Å². The quantitative estimate of drug-likeness (QED) is 0.756. The summed E-state index contributed by atoms with van der Waals surface area (Å²) in [6.45, 7) is -0.256. The number of nitrogens with one attached hydrogen (secondary N) is 1. The zero-order chi connectivity index (χ0) is 16.9. The van der Waals surface area contributed by atoms with E-state index < -0.39 is 17.8 Å². The Labute approximate surface area is 137 Å². The number of carbonyl (C=O) groups excluding carboxylic acids is 1. The molecule has 5 nitrogen and oxygen atoms in total. The second-order valence-electron chi connectivity index (χ2n) is 5.18. The molecule has 0 saturated carbocycles. The molecule has 0 spiro atoms. The number of nitrogens with zero attached hydrogens (tertiary/aromatic N) is 1. The lowest BCUT2D eigenvalue weighted by Gasteiger charge is -2.15. The van der Waals surface area contributed by atoms with E-state index in [9.17, 15) is 14.3 Å². The molecule has 0 aliphatic heterocycles. The Kier molecular flexibility index (Phi) is 4.67. The van der Waals surface area contributed by atoms with Gasteiger partial charge in [-0.15, -0.1) is 0 Å². The van der Waals surface area contributed by atoms with E-state index in [0.29, 0.717) is 0 Å². The topological polar surface area (TPSA) is 75.4 Å². The Morgan fingerprint density at radius 3 is 2.58 bits per heavy atom. The Morgan fingerprint density at radius 2 is 1.88 bits per heavy atom. The maximum Gasteiger partial charge on any atom is 0.274 e. The van der Waals surface area contributed by atoms with Crippen LogP contribution in [0.4, 0.5) is 4.39 Å². The van der Waals surface area contributed by atoms with Crippen molar-refractivity contribution in [3.8, 4) is 11.3 Å². The summed E-state index contributed by atoms with van der Waals surface area (Å²) >= 11 is 0. The number of amides is 1. The van der Waals surface area contributed by atoms with Gasteiger partial charge >= 0.3 is 0 Å². The van der Waals surface area contributed by atoms with Crippen LogP contribution < -0.4 is 5.32 Å². The Bertz CT molecular complexity index is 833. The van der Waals surface area contributed by atoms with Crippen LogP contribution in [-0.4, -0.2) is 22.8 Å². The largest absolute Gasteiger partial charge is 0.394 e. The van der Waals surface area contributed by atoms with E-state index >= 15 is 0 Å². The number of hydrogen-bond acceptors (Lipinski definition) is 4. The fourth-order valence-electron chi connectivity index (χ4n) is 2.32. The maximum atomic E-state index is 13.8. The summed E-state index contributed by atoms with van der Waals surface area (Å²) in [5.41, 5.74) is 1.01. The fourth-order valence-corrected chi connectivity index (χ4v) is 2.32. The van der Waals surface area contributed by atoms with Crippen LogP contribution in [0.2, 0.25) is 0 Å². The van der Waals surface area contributed by atoms with Crippen LogP contribution in [0.25, 0.3) is 11.3 Å². The first-order valence-corrected chi connectivity index (χ1v) is 7.37. The minimum Gasteiger partial charge on any atom is -0.394 e. The van der Waals surface area contributed by atoms with E-state index in [1.54, 1.807) is 24.3 Å². The SMILES string of the molecule is O=C(NC(CO)c1ccccc1)c1cc(-c2ccccc2F)on1. The molecule has 0 aliphatic carbocycles. The summed E-state index contributed by atoms with van der Waals surface area (Å²) < 4.78 is 18.8. The first kappa shape index (κ1) is 15.9. The van der Waals surface area contributed by atoms with E-state index in [4.69, 9.17) is 4.52 Å². The summed E-state index contributed by atoms with van der Waals surface area (Å²) in [5, 5.41) is 15.8. The highest BCUT2D eigenvalue weighted by Gasteiger charge is 2.19. The monoisotopic (exact) mass is 326 g/mol. The van der Waals surface area contributed by atoms with Crippen LogP contribution in [0.15, 0.2) is 65.2 Å². The zero-order valence-electron chi connectivity index (χ0n) is 12.6. The average molecular weight is 326 g/mol. The smallest absolute Gasteiger partial charge is 0.274 e. The Hall–Kier alpha value is -2.99. The molecule has 1 unspecified atom stereocenters. The molecule has 3 aromatic rings. The molecule has 2 aromatic carbocycles. The van der Waals surface area contributed by atoms with E-state index in [1.165, 1.54) is 18.2 Å². The summed E-state index contributed by atoms with van der Waals surface area (Å²) in [7, 11) is 0. The predicted molar refractivity (Wildman–Crippen MR) is 85.6 cm³/mol. The number of aliphatic hydroxyl groups excluding tert-OH is 1. The maximum absolute atomic E-state index is 13.8. The van der Waals surface area contributed by atoms with Crippen LogP contribution in [-0.2, 0) is 0 Å². The number of benzene rings is 2. The molecule has 2 N–H and O–H groups in total. The first-order chi connectivity index (χ1) is 11.7. The molecule has 6 heteroatoms. The van der Waals surface area contributed by atoms with Crippen molar-refractivity contribution in [2.45, 2.75) is 6.04 Å². The third-order valence-electron chi connectivity index (χ3n) is 3.57. The van der Waals surface area contributed by atoms with Crippen molar-refractivity contribution < 1.29 is 18.8 Å². The van der Waals surface area contributed by atoms with Crippen LogP contribution in [0.1, 0.15) is 22.1 Å². The molecule has 1 atom stereocenters. The zero-order valence-corrected chi connectivity index (χ0v) is 12.6. The molecule has 0 fully saturated rings.